The van der Waals surface area contributed by atoms with Crippen molar-refractivity contribution >= 4 is 5.97 Å². The summed E-state index contributed by atoms with van der Waals surface area (Å²) in [6.45, 7) is 6.96. The zero-order valence-electron chi connectivity index (χ0n) is 23.5. The lowest BCUT2D eigenvalue weighted by molar-refractivity contribution is 0.0230. The zero-order chi connectivity index (χ0) is 29.2. The predicted octanol–water partition coefficient (Wildman–Crippen LogP) is 9.18. The summed E-state index contributed by atoms with van der Waals surface area (Å²) in [6, 6.07) is 13.5. The molecule has 0 bridgehead atoms. The smallest absolute Gasteiger partial charge is 0.343 e. The van der Waals surface area contributed by atoms with Gasteiger partial charge in [0.05, 0.1) is 18.3 Å². The van der Waals surface area contributed by atoms with Crippen molar-refractivity contribution in [3.05, 3.63) is 95.8 Å². The third-order valence-electron chi connectivity index (χ3n) is 7.44. The van der Waals surface area contributed by atoms with E-state index in [4.69, 9.17) is 14.2 Å². The van der Waals surface area contributed by atoms with Gasteiger partial charge in [-0.15, -0.1) is 6.58 Å². The van der Waals surface area contributed by atoms with E-state index < -0.39 is 29.2 Å². The number of ether oxygens (including phenoxy) is 3. The number of carbonyl (C=O) groups is 1. The van der Waals surface area contributed by atoms with Crippen LogP contribution in [-0.2, 0) is 4.74 Å². The van der Waals surface area contributed by atoms with Crippen LogP contribution in [0.4, 0.5) is 13.2 Å². The third kappa shape index (κ3) is 8.00. The molecule has 0 spiro atoms. The van der Waals surface area contributed by atoms with E-state index in [1.165, 1.54) is 30.3 Å². The second kappa shape index (κ2) is 14.9. The van der Waals surface area contributed by atoms with Gasteiger partial charge in [-0.05, 0) is 92.3 Å². The highest BCUT2D eigenvalue weighted by molar-refractivity contribution is 5.91. The summed E-state index contributed by atoms with van der Waals surface area (Å²) in [5.41, 5.74) is 1.31. The molecule has 1 aliphatic rings. The number of esters is 1. The number of benzene rings is 3. The molecule has 1 aliphatic carbocycles. The molecule has 7 heteroatoms. The molecule has 4 nitrogen and oxygen atoms in total. The van der Waals surface area contributed by atoms with E-state index in [1.54, 1.807) is 30.3 Å². The Balaban J connectivity index is 1.36. The van der Waals surface area contributed by atoms with Crippen LogP contribution < -0.4 is 9.47 Å². The van der Waals surface area contributed by atoms with Gasteiger partial charge in [-0.1, -0.05) is 37.6 Å². The van der Waals surface area contributed by atoms with Crippen LogP contribution in [0.15, 0.2) is 67.3 Å². The van der Waals surface area contributed by atoms with Crippen molar-refractivity contribution in [2.45, 2.75) is 70.3 Å². The fourth-order valence-corrected chi connectivity index (χ4v) is 5.06. The first kappa shape index (κ1) is 30.4. The van der Waals surface area contributed by atoms with Gasteiger partial charge in [0.1, 0.15) is 11.6 Å². The molecular formula is C34H37F3O4. The highest BCUT2D eigenvalue weighted by Gasteiger charge is 2.27. The fraction of sp³-hybridized carbons (Fsp3) is 0.382. The van der Waals surface area contributed by atoms with Crippen LogP contribution in [0, 0.1) is 17.5 Å². The third-order valence-corrected chi connectivity index (χ3v) is 7.44. The minimum atomic E-state index is -1.18. The van der Waals surface area contributed by atoms with E-state index in [0.717, 1.165) is 45.1 Å². The molecule has 218 valence electrons. The van der Waals surface area contributed by atoms with Crippen molar-refractivity contribution in [3.8, 4) is 22.6 Å². The Morgan fingerprint density at radius 3 is 2.37 bits per heavy atom. The van der Waals surface area contributed by atoms with Crippen molar-refractivity contribution in [1.82, 2.24) is 0 Å². The molecule has 0 radical (unpaired) electrons. The van der Waals surface area contributed by atoms with Gasteiger partial charge >= 0.3 is 5.97 Å². The lowest BCUT2D eigenvalue weighted by atomic mass is 9.82. The molecule has 0 amide bonds. The number of hydrogen-bond donors (Lipinski definition) is 0. The Morgan fingerprint density at radius 1 is 0.927 bits per heavy atom. The Labute approximate surface area is 240 Å². The van der Waals surface area contributed by atoms with Gasteiger partial charge < -0.3 is 14.2 Å². The summed E-state index contributed by atoms with van der Waals surface area (Å²) in [7, 11) is 0. The fourth-order valence-electron chi connectivity index (χ4n) is 5.06. The molecule has 0 unspecified atom stereocenters. The molecule has 0 aromatic heterocycles. The molecule has 3 aromatic rings. The summed E-state index contributed by atoms with van der Waals surface area (Å²) < 4.78 is 61.3. The molecule has 1 saturated carbocycles. The molecular weight excluding hydrogens is 529 g/mol. The molecule has 0 saturated heterocycles. The van der Waals surface area contributed by atoms with E-state index in [-0.39, 0.29) is 17.6 Å². The van der Waals surface area contributed by atoms with Crippen LogP contribution in [-0.4, -0.2) is 25.3 Å². The second-order valence-electron chi connectivity index (χ2n) is 10.4. The number of halogens is 3. The van der Waals surface area contributed by atoms with Crippen molar-refractivity contribution in [3.63, 3.8) is 0 Å². The van der Waals surface area contributed by atoms with Crippen molar-refractivity contribution in [2.75, 3.05) is 13.2 Å². The van der Waals surface area contributed by atoms with Gasteiger partial charge in [0.2, 0.25) is 5.82 Å². The quantitative estimate of drug-likeness (QED) is 0.0896. The normalized spacial score (nSPS) is 16.8. The van der Waals surface area contributed by atoms with Gasteiger partial charge in [0.15, 0.2) is 11.6 Å². The Bertz CT molecular complexity index is 1310. The highest BCUT2D eigenvalue weighted by atomic mass is 19.2. The van der Waals surface area contributed by atoms with E-state index in [2.05, 4.69) is 13.5 Å². The SMILES string of the molecule is C=CCCCOc1ccc(-c2ccc(C(=O)Oc3ccc(C4CCC(OCCCC)CC4)c(F)c3F)cc2)c(F)c1. The molecule has 4 rings (SSSR count). The van der Waals surface area contributed by atoms with E-state index in [9.17, 15) is 13.6 Å². The highest BCUT2D eigenvalue weighted by Crippen LogP contribution is 2.37. The first-order valence-corrected chi connectivity index (χ1v) is 14.4. The molecule has 0 aliphatic heterocycles. The van der Waals surface area contributed by atoms with Crippen molar-refractivity contribution in [2.24, 2.45) is 0 Å². The summed E-state index contributed by atoms with van der Waals surface area (Å²) in [5.74, 6) is -3.60. The second-order valence-corrected chi connectivity index (χ2v) is 10.4. The van der Waals surface area contributed by atoms with Crippen LogP contribution in [0.1, 0.15) is 80.1 Å². The van der Waals surface area contributed by atoms with Crippen LogP contribution in [0.5, 0.6) is 11.5 Å². The number of unbranched alkanes of at least 4 members (excludes halogenated alkanes) is 2. The lowest BCUT2D eigenvalue weighted by Gasteiger charge is -2.29. The maximum Gasteiger partial charge on any atom is 0.343 e. The van der Waals surface area contributed by atoms with Crippen LogP contribution >= 0.6 is 0 Å². The Morgan fingerprint density at radius 2 is 1.68 bits per heavy atom. The molecule has 0 heterocycles. The van der Waals surface area contributed by atoms with Crippen molar-refractivity contribution < 1.29 is 32.2 Å². The Hall–Kier alpha value is -3.58. The van der Waals surface area contributed by atoms with Crippen LogP contribution in [0.25, 0.3) is 11.1 Å². The average Bonchev–Trinajstić information content (AvgIpc) is 2.99. The van der Waals surface area contributed by atoms with Gasteiger partial charge in [-0.3, -0.25) is 0 Å². The van der Waals surface area contributed by atoms with Gasteiger partial charge in [0, 0.05) is 18.2 Å². The molecule has 3 aromatic carbocycles. The van der Waals surface area contributed by atoms with E-state index >= 15 is 4.39 Å². The first-order chi connectivity index (χ1) is 19.9. The Kier molecular flexibility index (Phi) is 11.0. The maximum absolute atomic E-state index is 15.0. The standard InChI is InChI=1S/C34H37F3O4/c1-3-5-7-21-40-27-16-17-28(30(35)22-27)23-8-10-25(11-9-23)34(38)41-31-19-18-29(32(36)33(31)37)24-12-14-26(15-13-24)39-20-6-4-2/h3,8-11,16-19,22,24,26H,1,4-7,12-15,20-21H2,2H3. The summed E-state index contributed by atoms with van der Waals surface area (Å²) in [5, 5.41) is 0. The summed E-state index contributed by atoms with van der Waals surface area (Å²) >= 11 is 0. The first-order valence-electron chi connectivity index (χ1n) is 14.4. The largest absolute Gasteiger partial charge is 0.493 e. The number of rotatable bonds is 13. The van der Waals surface area contributed by atoms with E-state index in [0.29, 0.717) is 41.9 Å². The number of carbonyl (C=O) groups excluding carboxylic acids is 1. The zero-order valence-corrected chi connectivity index (χ0v) is 23.5. The monoisotopic (exact) mass is 566 g/mol. The summed E-state index contributed by atoms with van der Waals surface area (Å²) in [6.07, 6.45) is 8.71. The summed E-state index contributed by atoms with van der Waals surface area (Å²) in [4.78, 5) is 12.7. The number of hydrogen-bond acceptors (Lipinski definition) is 4. The predicted molar refractivity (Wildman–Crippen MR) is 154 cm³/mol. The van der Waals surface area contributed by atoms with E-state index in [1.807, 2.05) is 0 Å². The molecule has 0 atom stereocenters. The van der Waals surface area contributed by atoms with Crippen LogP contribution in [0.3, 0.4) is 0 Å². The number of allylic oxidation sites excluding steroid dienone is 1. The lowest BCUT2D eigenvalue weighted by Crippen LogP contribution is -2.22. The van der Waals surface area contributed by atoms with Crippen molar-refractivity contribution in [1.29, 1.82) is 0 Å². The molecule has 41 heavy (non-hydrogen) atoms. The minimum Gasteiger partial charge on any atom is -0.493 e. The average molecular weight is 567 g/mol. The topological polar surface area (TPSA) is 44.8 Å². The molecule has 1 fully saturated rings. The molecule has 0 N–H and O–H groups in total. The minimum absolute atomic E-state index is 0.105. The van der Waals surface area contributed by atoms with Gasteiger partial charge in [-0.2, -0.15) is 4.39 Å². The van der Waals surface area contributed by atoms with Crippen LogP contribution in [0.2, 0.25) is 0 Å². The maximum atomic E-state index is 15.0. The van der Waals surface area contributed by atoms with Gasteiger partial charge in [0.25, 0.3) is 0 Å². The van der Waals surface area contributed by atoms with Gasteiger partial charge in [-0.25, -0.2) is 13.6 Å².